The van der Waals surface area contributed by atoms with E-state index in [9.17, 15) is 12.8 Å². The van der Waals surface area contributed by atoms with Crippen molar-refractivity contribution in [1.29, 1.82) is 0 Å². The molecule has 0 radical (unpaired) electrons. The van der Waals surface area contributed by atoms with Crippen molar-refractivity contribution >= 4 is 26.0 Å². The molecule has 0 spiro atoms. The van der Waals surface area contributed by atoms with E-state index in [1.54, 1.807) is 19.1 Å². The van der Waals surface area contributed by atoms with E-state index < -0.39 is 15.8 Å². The molecule has 1 aromatic heterocycles. The Morgan fingerprint density at radius 2 is 2.05 bits per heavy atom. The Balaban J connectivity index is 2.27. The largest absolute Gasteiger partial charge is 0.283 e. The number of halogens is 2. The lowest BCUT2D eigenvalue weighted by molar-refractivity contribution is 0.553. The first kappa shape index (κ1) is 15.1. The molecule has 0 saturated heterocycles. The van der Waals surface area contributed by atoms with E-state index in [-0.39, 0.29) is 11.4 Å². The summed E-state index contributed by atoms with van der Waals surface area (Å²) >= 11 is 3.12. The smallest absolute Gasteiger partial charge is 0.244 e. The topological polar surface area (TPSA) is 74.8 Å². The zero-order chi connectivity index (χ0) is 14.9. The molecule has 0 aliphatic rings. The Hall–Kier alpha value is -1.25. The predicted octanol–water partition coefficient (Wildman–Crippen LogP) is 2.41. The van der Waals surface area contributed by atoms with Crippen molar-refractivity contribution in [2.45, 2.75) is 25.3 Å². The van der Waals surface area contributed by atoms with Crippen molar-refractivity contribution < 1.29 is 12.8 Å². The fourth-order valence-electron chi connectivity index (χ4n) is 1.84. The number of sulfonamides is 1. The van der Waals surface area contributed by atoms with Gasteiger partial charge >= 0.3 is 0 Å². The van der Waals surface area contributed by atoms with Crippen LogP contribution in [-0.4, -0.2) is 18.6 Å². The summed E-state index contributed by atoms with van der Waals surface area (Å²) in [6.45, 7) is 3.35. The average Bonchev–Trinajstić information content (AvgIpc) is 2.71. The van der Waals surface area contributed by atoms with E-state index in [2.05, 4.69) is 30.8 Å². The Morgan fingerprint density at radius 1 is 1.35 bits per heavy atom. The quantitative estimate of drug-likeness (QED) is 0.877. The third-order valence-corrected chi connectivity index (χ3v) is 4.70. The van der Waals surface area contributed by atoms with Crippen LogP contribution >= 0.6 is 15.9 Å². The van der Waals surface area contributed by atoms with Crippen LogP contribution in [0.3, 0.4) is 0 Å². The van der Waals surface area contributed by atoms with Crippen LogP contribution in [0, 0.1) is 19.7 Å². The summed E-state index contributed by atoms with van der Waals surface area (Å²) < 4.78 is 41.0. The lowest BCUT2D eigenvalue weighted by atomic mass is 10.2. The van der Waals surface area contributed by atoms with Crippen LogP contribution in [0.1, 0.15) is 17.0 Å². The fraction of sp³-hybridized carbons (Fsp3) is 0.250. The van der Waals surface area contributed by atoms with Crippen molar-refractivity contribution in [2.24, 2.45) is 0 Å². The summed E-state index contributed by atoms with van der Waals surface area (Å²) in [4.78, 5) is -0.340. The van der Waals surface area contributed by atoms with E-state index in [0.717, 1.165) is 11.8 Å². The highest BCUT2D eigenvalue weighted by Crippen LogP contribution is 2.24. The molecule has 0 aliphatic heterocycles. The minimum Gasteiger partial charge on any atom is -0.283 e. The zero-order valence-corrected chi connectivity index (χ0v) is 13.3. The monoisotopic (exact) mass is 361 g/mol. The molecule has 1 aromatic carbocycles. The van der Waals surface area contributed by atoms with Crippen molar-refractivity contribution in [3.8, 4) is 0 Å². The minimum absolute atomic E-state index is 0.00160. The van der Waals surface area contributed by atoms with Gasteiger partial charge in [0, 0.05) is 10.2 Å². The Bertz CT molecular complexity index is 720. The van der Waals surface area contributed by atoms with Gasteiger partial charge in [-0.25, -0.2) is 17.5 Å². The molecular formula is C12H13BrFN3O2S. The number of nitrogens with zero attached hydrogens (tertiary/aromatic N) is 1. The molecule has 8 heteroatoms. The summed E-state index contributed by atoms with van der Waals surface area (Å²) in [6.07, 6.45) is 0. The average molecular weight is 362 g/mol. The van der Waals surface area contributed by atoms with Crippen molar-refractivity contribution in [2.75, 3.05) is 0 Å². The number of rotatable bonds is 4. The van der Waals surface area contributed by atoms with Crippen LogP contribution < -0.4 is 4.72 Å². The number of aromatic nitrogens is 2. The number of benzene rings is 1. The molecule has 0 amide bonds. The SMILES string of the molecule is Cc1cc(CNS(=O)(=O)c2c(C)cc(Br)cc2F)n[nH]1. The summed E-state index contributed by atoms with van der Waals surface area (Å²) in [7, 11) is -3.93. The van der Waals surface area contributed by atoms with Gasteiger partial charge in [-0.2, -0.15) is 5.10 Å². The van der Waals surface area contributed by atoms with Crippen molar-refractivity contribution in [3.63, 3.8) is 0 Å². The Morgan fingerprint density at radius 3 is 2.60 bits per heavy atom. The van der Waals surface area contributed by atoms with Gasteiger partial charge in [0.15, 0.2) is 0 Å². The highest BCUT2D eigenvalue weighted by Gasteiger charge is 2.22. The molecule has 108 valence electrons. The zero-order valence-electron chi connectivity index (χ0n) is 10.9. The first-order valence-corrected chi connectivity index (χ1v) is 8.03. The molecule has 0 saturated carbocycles. The first-order chi connectivity index (χ1) is 9.29. The Kier molecular flexibility index (Phi) is 4.26. The Labute approximate surface area is 124 Å². The third kappa shape index (κ3) is 3.25. The van der Waals surface area contributed by atoms with Gasteiger partial charge < -0.3 is 0 Å². The van der Waals surface area contributed by atoms with Crippen LogP contribution in [0.25, 0.3) is 0 Å². The van der Waals surface area contributed by atoms with Crippen LogP contribution in [-0.2, 0) is 16.6 Å². The molecule has 0 aliphatic carbocycles. The van der Waals surface area contributed by atoms with Gasteiger partial charge in [0.05, 0.1) is 12.2 Å². The number of aromatic amines is 1. The predicted molar refractivity (Wildman–Crippen MR) is 76.2 cm³/mol. The van der Waals surface area contributed by atoms with E-state index >= 15 is 0 Å². The van der Waals surface area contributed by atoms with Gasteiger partial charge in [-0.3, -0.25) is 5.10 Å². The van der Waals surface area contributed by atoms with Gasteiger partial charge in [-0.1, -0.05) is 15.9 Å². The summed E-state index contributed by atoms with van der Waals surface area (Å²) in [5.74, 6) is -0.789. The molecule has 1 heterocycles. The molecule has 5 nitrogen and oxygen atoms in total. The van der Waals surface area contributed by atoms with E-state index in [0.29, 0.717) is 15.7 Å². The molecule has 0 atom stereocenters. The van der Waals surface area contributed by atoms with Crippen LogP contribution in [0.15, 0.2) is 27.6 Å². The number of aryl methyl sites for hydroxylation is 2. The highest BCUT2D eigenvalue weighted by atomic mass is 79.9. The van der Waals surface area contributed by atoms with E-state index in [1.807, 2.05) is 6.92 Å². The minimum atomic E-state index is -3.93. The van der Waals surface area contributed by atoms with E-state index in [1.165, 1.54) is 0 Å². The summed E-state index contributed by atoms with van der Waals surface area (Å²) in [6, 6.07) is 4.39. The van der Waals surface area contributed by atoms with Crippen LogP contribution in [0.4, 0.5) is 4.39 Å². The fourth-order valence-corrected chi connectivity index (χ4v) is 3.66. The number of hydrogen-bond acceptors (Lipinski definition) is 3. The summed E-state index contributed by atoms with van der Waals surface area (Å²) in [5, 5.41) is 6.63. The van der Waals surface area contributed by atoms with Crippen LogP contribution in [0.2, 0.25) is 0 Å². The lowest BCUT2D eigenvalue weighted by Crippen LogP contribution is -2.25. The molecule has 2 aromatic rings. The molecule has 0 unspecified atom stereocenters. The van der Waals surface area contributed by atoms with Gasteiger partial charge in [0.1, 0.15) is 10.7 Å². The maximum absolute atomic E-state index is 13.9. The maximum atomic E-state index is 13.9. The van der Waals surface area contributed by atoms with Crippen LogP contribution in [0.5, 0.6) is 0 Å². The van der Waals surface area contributed by atoms with Crippen molar-refractivity contribution in [3.05, 3.63) is 45.4 Å². The molecular weight excluding hydrogens is 349 g/mol. The normalized spacial score (nSPS) is 11.8. The molecule has 2 rings (SSSR count). The van der Waals surface area contributed by atoms with Gasteiger partial charge in [-0.05, 0) is 37.6 Å². The number of nitrogens with one attached hydrogen (secondary N) is 2. The number of hydrogen-bond donors (Lipinski definition) is 2. The van der Waals surface area contributed by atoms with Gasteiger partial charge in [0.2, 0.25) is 10.0 Å². The third-order valence-electron chi connectivity index (χ3n) is 2.67. The lowest BCUT2D eigenvalue weighted by Gasteiger charge is -2.10. The molecule has 20 heavy (non-hydrogen) atoms. The van der Waals surface area contributed by atoms with Gasteiger partial charge in [0.25, 0.3) is 0 Å². The maximum Gasteiger partial charge on any atom is 0.244 e. The second-order valence-electron chi connectivity index (χ2n) is 4.40. The first-order valence-electron chi connectivity index (χ1n) is 5.76. The molecule has 2 N–H and O–H groups in total. The second-order valence-corrected chi connectivity index (χ2v) is 7.02. The number of H-pyrrole nitrogens is 1. The molecule has 0 bridgehead atoms. The van der Waals surface area contributed by atoms with Gasteiger partial charge in [-0.15, -0.1) is 0 Å². The van der Waals surface area contributed by atoms with E-state index in [4.69, 9.17) is 0 Å². The van der Waals surface area contributed by atoms with Crippen molar-refractivity contribution in [1.82, 2.24) is 14.9 Å². The highest BCUT2D eigenvalue weighted by molar-refractivity contribution is 9.10. The summed E-state index contributed by atoms with van der Waals surface area (Å²) in [5.41, 5.74) is 1.70. The second kappa shape index (κ2) is 5.63. The molecule has 0 fully saturated rings. The standard InChI is InChI=1S/C12H13BrFN3O2S/c1-7-3-9(13)5-11(14)12(7)20(18,19)15-6-10-4-8(2)16-17-10/h3-5,15H,6H2,1-2H3,(H,16,17).